The number of ether oxygens (including phenoxy) is 1. The van der Waals surface area contributed by atoms with Crippen LogP contribution in [0.15, 0.2) is 80.4 Å². The molecule has 0 saturated carbocycles. The molecule has 0 radical (unpaired) electrons. The Kier molecular flexibility index (Phi) is 6.80. The lowest BCUT2D eigenvalue weighted by molar-refractivity contribution is -0.122. The average molecular weight is 464 g/mol. The predicted molar refractivity (Wildman–Crippen MR) is 127 cm³/mol. The SMILES string of the molecule is CCOc1cc(/C=N\N=C2\S/C(=C\c3ccc(O)cc3)C(=O)N2Cc2ccco2)ccc1O. The predicted octanol–water partition coefficient (Wildman–Crippen LogP) is 4.60. The van der Waals surface area contributed by atoms with Gasteiger partial charge in [-0.15, -0.1) is 5.10 Å². The Morgan fingerprint density at radius 1 is 1.12 bits per heavy atom. The summed E-state index contributed by atoms with van der Waals surface area (Å²) in [7, 11) is 0. The number of carbonyl (C=O) groups is 1. The first-order valence-corrected chi connectivity index (χ1v) is 10.9. The summed E-state index contributed by atoms with van der Waals surface area (Å²) >= 11 is 1.20. The molecule has 4 rings (SSSR count). The number of carbonyl (C=O) groups excluding carboxylic acids is 1. The van der Waals surface area contributed by atoms with Crippen molar-refractivity contribution in [1.82, 2.24) is 4.90 Å². The standard InChI is InChI=1S/C24H21N3O5S/c1-2-31-21-12-17(7-10-20(21)29)14-25-26-24-27(15-19-4-3-11-32-19)23(30)22(33-24)13-16-5-8-18(28)9-6-16/h3-14,28-29H,2,15H2,1H3/b22-13-,25-14-,26-24+. The largest absolute Gasteiger partial charge is 0.508 e. The molecule has 1 aliphatic heterocycles. The molecule has 168 valence electrons. The van der Waals surface area contributed by atoms with Crippen molar-refractivity contribution in [2.75, 3.05) is 6.61 Å². The van der Waals surface area contributed by atoms with Gasteiger partial charge >= 0.3 is 0 Å². The zero-order chi connectivity index (χ0) is 23.2. The molecular formula is C24H21N3O5S. The van der Waals surface area contributed by atoms with Gasteiger partial charge < -0.3 is 19.4 Å². The molecule has 8 nitrogen and oxygen atoms in total. The van der Waals surface area contributed by atoms with Gasteiger partial charge in [0, 0.05) is 0 Å². The fourth-order valence-electron chi connectivity index (χ4n) is 3.03. The molecule has 2 heterocycles. The Morgan fingerprint density at radius 2 is 1.91 bits per heavy atom. The highest BCUT2D eigenvalue weighted by molar-refractivity contribution is 8.18. The van der Waals surface area contributed by atoms with Crippen molar-refractivity contribution in [3.8, 4) is 17.2 Å². The van der Waals surface area contributed by atoms with E-state index in [2.05, 4.69) is 10.2 Å². The van der Waals surface area contributed by atoms with Gasteiger partial charge in [0.15, 0.2) is 16.7 Å². The third kappa shape index (κ3) is 5.45. The fraction of sp³-hybridized carbons (Fsp3) is 0.125. The van der Waals surface area contributed by atoms with Crippen LogP contribution in [0.1, 0.15) is 23.8 Å². The van der Waals surface area contributed by atoms with Crippen LogP contribution in [0.5, 0.6) is 17.2 Å². The smallest absolute Gasteiger partial charge is 0.267 e. The lowest BCUT2D eigenvalue weighted by atomic mass is 10.2. The third-order valence-electron chi connectivity index (χ3n) is 4.61. The molecule has 1 aliphatic rings. The first-order valence-electron chi connectivity index (χ1n) is 10.1. The first-order chi connectivity index (χ1) is 16.0. The molecule has 2 aromatic carbocycles. The molecular weight excluding hydrogens is 442 g/mol. The Balaban J connectivity index is 1.60. The molecule has 0 bridgehead atoms. The van der Waals surface area contributed by atoms with Crippen LogP contribution in [0.25, 0.3) is 6.08 Å². The highest BCUT2D eigenvalue weighted by Gasteiger charge is 2.34. The van der Waals surface area contributed by atoms with Gasteiger partial charge in [0.1, 0.15) is 11.5 Å². The number of amidine groups is 1. The topological polar surface area (TPSA) is 108 Å². The van der Waals surface area contributed by atoms with E-state index in [1.54, 1.807) is 60.9 Å². The zero-order valence-corrected chi connectivity index (χ0v) is 18.5. The van der Waals surface area contributed by atoms with Crippen molar-refractivity contribution >= 4 is 35.1 Å². The van der Waals surface area contributed by atoms with E-state index >= 15 is 0 Å². The maximum absolute atomic E-state index is 13.1. The number of furan rings is 1. The highest BCUT2D eigenvalue weighted by Crippen LogP contribution is 2.34. The van der Waals surface area contributed by atoms with Crippen molar-refractivity contribution in [2.45, 2.75) is 13.5 Å². The van der Waals surface area contributed by atoms with Crippen LogP contribution in [-0.2, 0) is 11.3 Å². The summed E-state index contributed by atoms with van der Waals surface area (Å²) in [5, 5.41) is 28.1. The summed E-state index contributed by atoms with van der Waals surface area (Å²) in [4.78, 5) is 15.0. The third-order valence-corrected chi connectivity index (χ3v) is 5.60. The fourth-order valence-corrected chi connectivity index (χ4v) is 3.96. The summed E-state index contributed by atoms with van der Waals surface area (Å²) in [6.45, 7) is 2.47. The molecule has 33 heavy (non-hydrogen) atoms. The molecule has 1 fully saturated rings. The minimum atomic E-state index is -0.221. The maximum Gasteiger partial charge on any atom is 0.267 e. The summed E-state index contributed by atoms with van der Waals surface area (Å²) < 4.78 is 10.8. The number of nitrogens with zero attached hydrogens (tertiary/aromatic N) is 3. The summed E-state index contributed by atoms with van der Waals surface area (Å²) in [5.41, 5.74) is 1.46. The Labute approximate surface area is 194 Å². The van der Waals surface area contributed by atoms with Gasteiger partial charge in [-0.05, 0) is 78.4 Å². The van der Waals surface area contributed by atoms with E-state index in [9.17, 15) is 15.0 Å². The Bertz CT molecular complexity index is 1220. The Hall–Kier alpha value is -3.98. The van der Waals surface area contributed by atoms with Gasteiger partial charge in [0.2, 0.25) is 0 Å². The number of amides is 1. The van der Waals surface area contributed by atoms with Crippen LogP contribution in [0.2, 0.25) is 0 Å². The lowest BCUT2D eigenvalue weighted by Crippen LogP contribution is -2.28. The number of hydrogen-bond acceptors (Lipinski definition) is 8. The number of benzene rings is 2. The molecule has 0 atom stereocenters. The molecule has 2 N–H and O–H groups in total. The van der Waals surface area contributed by atoms with Crippen LogP contribution in [0, 0.1) is 0 Å². The Morgan fingerprint density at radius 3 is 2.64 bits per heavy atom. The van der Waals surface area contributed by atoms with Gasteiger partial charge in [-0.2, -0.15) is 5.10 Å². The summed E-state index contributed by atoms with van der Waals surface area (Å²) in [6.07, 6.45) is 4.81. The van der Waals surface area contributed by atoms with Crippen molar-refractivity contribution in [2.24, 2.45) is 10.2 Å². The molecule has 1 aromatic heterocycles. The molecule has 1 saturated heterocycles. The number of hydrogen-bond donors (Lipinski definition) is 2. The maximum atomic E-state index is 13.1. The number of phenolic OH excluding ortho intramolecular Hbond substituents is 2. The van der Waals surface area contributed by atoms with Crippen LogP contribution in [0.3, 0.4) is 0 Å². The van der Waals surface area contributed by atoms with E-state index in [4.69, 9.17) is 9.15 Å². The van der Waals surface area contributed by atoms with E-state index < -0.39 is 0 Å². The van der Waals surface area contributed by atoms with Gasteiger partial charge in [0.25, 0.3) is 5.91 Å². The van der Waals surface area contributed by atoms with E-state index in [1.807, 2.05) is 6.92 Å². The number of rotatable bonds is 7. The average Bonchev–Trinajstić information content (AvgIpc) is 3.42. The van der Waals surface area contributed by atoms with Crippen LogP contribution >= 0.6 is 11.8 Å². The second kappa shape index (κ2) is 10.1. The number of phenols is 2. The number of thioether (sulfide) groups is 1. The lowest BCUT2D eigenvalue weighted by Gasteiger charge is -2.12. The van der Waals surface area contributed by atoms with Crippen molar-refractivity contribution in [1.29, 1.82) is 0 Å². The second-order valence-electron chi connectivity index (χ2n) is 6.96. The quantitative estimate of drug-likeness (QED) is 0.301. The highest BCUT2D eigenvalue weighted by atomic mass is 32.2. The van der Waals surface area contributed by atoms with E-state index in [-0.39, 0.29) is 24.0 Å². The summed E-state index contributed by atoms with van der Waals surface area (Å²) in [6, 6.07) is 15.0. The molecule has 0 aliphatic carbocycles. The van der Waals surface area contributed by atoms with Gasteiger partial charge in [-0.1, -0.05) is 12.1 Å². The van der Waals surface area contributed by atoms with Gasteiger partial charge in [0.05, 0.1) is 30.5 Å². The summed E-state index contributed by atoms with van der Waals surface area (Å²) in [5.74, 6) is 0.956. The minimum Gasteiger partial charge on any atom is -0.508 e. The van der Waals surface area contributed by atoms with E-state index in [0.717, 1.165) is 5.56 Å². The molecule has 0 unspecified atom stereocenters. The molecule has 0 spiro atoms. The van der Waals surface area contributed by atoms with Crippen molar-refractivity contribution in [3.63, 3.8) is 0 Å². The molecule has 9 heteroatoms. The second-order valence-corrected chi connectivity index (χ2v) is 7.97. The molecule has 3 aromatic rings. The van der Waals surface area contributed by atoms with Crippen LogP contribution in [0.4, 0.5) is 0 Å². The van der Waals surface area contributed by atoms with E-state index in [0.29, 0.717) is 33.8 Å². The van der Waals surface area contributed by atoms with Crippen LogP contribution < -0.4 is 4.74 Å². The first kappa shape index (κ1) is 22.2. The number of aromatic hydroxyl groups is 2. The monoisotopic (exact) mass is 463 g/mol. The van der Waals surface area contributed by atoms with Gasteiger partial charge in [-0.25, -0.2) is 0 Å². The van der Waals surface area contributed by atoms with Crippen molar-refractivity contribution in [3.05, 3.63) is 82.7 Å². The normalized spacial score (nSPS) is 16.4. The van der Waals surface area contributed by atoms with Gasteiger partial charge in [-0.3, -0.25) is 9.69 Å². The minimum absolute atomic E-state index is 0.0471. The molecule has 1 amide bonds. The zero-order valence-electron chi connectivity index (χ0n) is 17.7. The van der Waals surface area contributed by atoms with Crippen LogP contribution in [-0.4, -0.2) is 39.0 Å². The van der Waals surface area contributed by atoms with Crippen molar-refractivity contribution < 1.29 is 24.2 Å². The van der Waals surface area contributed by atoms with E-state index in [1.165, 1.54) is 28.9 Å².